The first kappa shape index (κ1) is 27.7. The van der Waals surface area contributed by atoms with Crippen molar-refractivity contribution in [1.82, 2.24) is 0 Å². The van der Waals surface area contributed by atoms with Crippen molar-refractivity contribution in [1.29, 1.82) is 0 Å². The van der Waals surface area contributed by atoms with E-state index in [0.29, 0.717) is 12.8 Å². The van der Waals surface area contributed by atoms with Crippen molar-refractivity contribution in [3.63, 3.8) is 0 Å². The zero-order valence-electron chi connectivity index (χ0n) is 16.0. The van der Waals surface area contributed by atoms with Crippen molar-refractivity contribution in [2.75, 3.05) is 5.75 Å². The van der Waals surface area contributed by atoms with E-state index in [-0.39, 0.29) is 63.2 Å². The van der Waals surface area contributed by atoms with Crippen LogP contribution in [-0.4, -0.2) is 29.9 Å². The molecule has 0 aromatic rings. The van der Waals surface area contributed by atoms with Crippen LogP contribution in [-0.2, 0) is 10.1 Å². The standard InChI is InChI=1S/C18H38O4S.K/c1-2-3-4-5-6-7-8-9-10-12-15-18(19)16-13-11-14-17-23(20,21)22;/h18-19H,2-17H2,1H3,(H,20,21,22);/q;+1/p-1. The van der Waals surface area contributed by atoms with Gasteiger partial charge in [0.15, 0.2) is 0 Å². The van der Waals surface area contributed by atoms with Crippen molar-refractivity contribution in [3.8, 4) is 0 Å². The fourth-order valence-electron chi connectivity index (χ4n) is 2.85. The van der Waals surface area contributed by atoms with E-state index in [1.54, 1.807) is 0 Å². The van der Waals surface area contributed by atoms with Gasteiger partial charge in [-0.15, -0.1) is 0 Å². The van der Waals surface area contributed by atoms with E-state index in [2.05, 4.69) is 6.92 Å². The van der Waals surface area contributed by atoms with Crippen LogP contribution in [0.1, 0.15) is 103 Å². The zero-order valence-corrected chi connectivity index (χ0v) is 19.9. The van der Waals surface area contributed by atoms with Crippen molar-refractivity contribution in [2.45, 2.75) is 109 Å². The molecular weight excluding hydrogens is 351 g/mol. The SMILES string of the molecule is CCCCCCCCCCCCC(O)CCCCCS(=O)(=O)[O-].[K+]. The molecule has 0 saturated carbocycles. The van der Waals surface area contributed by atoms with Gasteiger partial charge in [-0.05, 0) is 19.3 Å². The van der Waals surface area contributed by atoms with Crippen LogP contribution in [0.5, 0.6) is 0 Å². The maximum atomic E-state index is 10.4. The summed E-state index contributed by atoms with van der Waals surface area (Å²) in [6.45, 7) is 2.24. The molecule has 4 nitrogen and oxygen atoms in total. The maximum Gasteiger partial charge on any atom is 1.00 e. The number of unbranched alkanes of at least 4 members (excludes halogenated alkanes) is 11. The molecule has 0 aromatic carbocycles. The molecular formula is C18H37KO4S. The molecule has 1 unspecified atom stereocenters. The van der Waals surface area contributed by atoms with E-state index in [1.165, 1.54) is 57.8 Å². The third-order valence-corrected chi connectivity index (χ3v) is 5.11. The molecule has 1 N–H and O–H groups in total. The number of hydrogen-bond donors (Lipinski definition) is 1. The number of aliphatic hydroxyl groups excluding tert-OH is 1. The Labute approximate surface area is 192 Å². The average molecular weight is 389 g/mol. The normalized spacial score (nSPS) is 12.8. The fraction of sp³-hybridized carbons (Fsp3) is 1.00. The molecule has 0 aliphatic carbocycles. The number of rotatable bonds is 17. The number of hydrogen-bond acceptors (Lipinski definition) is 4. The van der Waals surface area contributed by atoms with Crippen LogP contribution in [0.15, 0.2) is 0 Å². The summed E-state index contributed by atoms with van der Waals surface area (Å²) in [5.74, 6) is -0.276. The topological polar surface area (TPSA) is 77.4 Å². The van der Waals surface area contributed by atoms with Gasteiger partial charge in [0.1, 0.15) is 0 Å². The second kappa shape index (κ2) is 19.3. The Morgan fingerprint density at radius 3 is 1.54 bits per heavy atom. The van der Waals surface area contributed by atoms with Crippen molar-refractivity contribution < 1.29 is 69.5 Å². The Kier molecular flexibility index (Phi) is 22.3. The van der Waals surface area contributed by atoms with E-state index in [4.69, 9.17) is 0 Å². The Balaban J connectivity index is 0. The molecule has 0 radical (unpaired) electrons. The second-order valence-corrected chi connectivity index (χ2v) is 8.26. The van der Waals surface area contributed by atoms with Gasteiger partial charge in [0.2, 0.25) is 0 Å². The Hall–Kier alpha value is 1.51. The smallest absolute Gasteiger partial charge is 0.748 e. The summed E-state index contributed by atoms with van der Waals surface area (Å²) in [5, 5.41) is 9.85. The minimum absolute atomic E-state index is 0. The predicted molar refractivity (Wildman–Crippen MR) is 95.5 cm³/mol. The van der Waals surface area contributed by atoms with Gasteiger partial charge in [-0.25, -0.2) is 8.42 Å². The van der Waals surface area contributed by atoms with Gasteiger partial charge in [-0.1, -0.05) is 84.0 Å². The molecule has 140 valence electrons. The fourth-order valence-corrected chi connectivity index (χ4v) is 3.40. The molecule has 6 heteroatoms. The van der Waals surface area contributed by atoms with Gasteiger partial charge < -0.3 is 9.66 Å². The molecule has 1 atom stereocenters. The van der Waals surface area contributed by atoms with Gasteiger partial charge in [0.25, 0.3) is 0 Å². The van der Waals surface area contributed by atoms with Crippen LogP contribution < -0.4 is 51.4 Å². The largest absolute Gasteiger partial charge is 1.00 e. The van der Waals surface area contributed by atoms with Crippen LogP contribution in [0, 0.1) is 0 Å². The van der Waals surface area contributed by atoms with Gasteiger partial charge in [-0.3, -0.25) is 0 Å². The maximum absolute atomic E-state index is 10.4. The third kappa shape index (κ3) is 23.5. The van der Waals surface area contributed by atoms with Gasteiger partial charge in [0.05, 0.1) is 16.2 Å². The molecule has 0 aromatic heterocycles. The minimum atomic E-state index is -4.07. The monoisotopic (exact) mass is 388 g/mol. The molecule has 0 amide bonds. The van der Waals surface area contributed by atoms with Crippen molar-refractivity contribution in [3.05, 3.63) is 0 Å². The van der Waals surface area contributed by atoms with Crippen LogP contribution in [0.2, 0.25) is 0 Å². The Morgan fingerprint density at radius 1 is 0.750 bits per heavy atom. The second-order valence-electron chi connectivity index (χ2n) is 6.74. The summed E-state index contributed by atoms with van der Waals surface area (Å²) in [6.07, 6.45) is 16.2. The zero-order chi connectivity index (χ0) is 17.4. The summed E-state index contributed by atoms with van der Waals surface area (Å²) in [5.41, 5.74) is 0. The quantitative estimate of drug-likeness (QED) is 0.234. The molecule has 0 saturated heterocycles. The first-order valence-corrected chi connectivity index (χ1v) is 11.1. The Bertz CT molecular complexity index is 347. The first-order valence-electron chi connectivity index (χ1n) is 9.57. The molecule has 0 rings (SSSR count). The van der Waals surface area contributed by atoms with Crippen LogP contribution in [0.25, 0.3) is 0 Å². The summed E-state index contributed by atoms with van der Waals surface area (Å²) in [6, 6.07) is 0. The predicted octanol–water partition coefficient (Wildman–Crippen LogP) is 1.77. The summed E-state index contributed by atoms with van der Waals surface area (Å²) >= 11 is 0. The van der Waals surface area contributed by atoms with Gasteiger partial charge in [0, 0.05) is 5.75 Å². The molecule has 0 fully saturated rings. The van der Waals surface area contributed by atoms with E-state index < -0.39 is 10.1 Å². The summed E-state index contributed by atoms with van der Waals surface area (Å²) in [4.78, 5) is 0. The van der Waals surface area contributed by atoms with E-state index in [1.807, 2.05) is 0 Å². The molecule has 0 aliphatic rings. The summed E-state index contributed by atoms with van der Waals surface area (Å²) in [7, 11) is -4.07. The van der Waals surface area contributed by atoms with Crippen LogP contribution in [0.4, 0.5) is 0 Å². The van der Waals surface area contributed by atoms with Crippen molar-refractivity contribution >= 4 is 10.1 Å². The average Bonchev–Trinajstić information content (AvgIpc) is 2.47. The van der Waals surface area contributed by atoms with Crippen LogP contribution in [0.3, 0.4) is 0 Å². The molecule has 0 aliphatic heterocycles. The first-order chi connectivity index (χ1) is 11.0. The van der Waals surface area contributed by atoms with Gasteiger partial charge in [-0.2, -0.15) is 0 Å². The van der Waals surface area contributed by atoms with Gasteiger partial charge >= 0.3 is 51.4 Å². The molecule has 24 heavy (non-hydrogen) atoms. The molecule has 0 heterocycles. The number of aliphatic hydroxyl groups is 1. The van der Waals surface area contributed by atoms with E-state index >= 15 is 0 Å². The molecule has 0 spiro atoms. The van der Waals surface area contributed by atoms with Crippen molar-refractivity contribution in [2.24, 2.45) is 0 Å². The summed E-state index contributed by atoms with van der Waals surface area (Å²) < 4.78 is 31.3. The van der Waals surface area contributed by atoms with E-state index in [9.17, 15) is 18.1 Å². The van der Waals surface area contributed by atoms with E-state index in [0.717, 1.165) is 25.7 Å². The minimum Gasteiger partial charge on any atom is -0.748 e. The Morgan fingerprint density at radius 2 is 1.12 bits per heavy atom. The molecule has 0 bridgehead atoms. The van der Waals surface area contributed by atoms with Crippen LogP contribution >= 0.6 is 0 Å². The third-order valence-electron chi connectivity index (χ3n) is 4.32.